The van der Waals surface area contributed by atoms with Crippen LogP contribution in [0.1, 0.15) is 32.8 Å². The van der Waals surface area contributed by atoms with E-state index < -0.39 is 12.1 Å². The summed E-state index contributed by atoms with van der Waals surface area (Å²) in [5, 5.41) is 2.72. The SMILES string of the molecule is CCC(C)NC(=O)COC(=O)C(C)Oc1ccc(C)cc1. The lowest BCUT2D eigenvalue weighted by Crippen LogP contribution is -2.37. The number of carbonyl (C=O) groups is 2. The van der Waals surface area contributed by atoms with Gasteiger partial charge in [0.1, 0.15) is 5.75 Å². The third-order valence-electron chi connectivity index (χ3n) is 3.03. The molecular weight excluding hydrogens is 270 g/mol. The minimum atomic E-state index is -0.760. The van der Waals surface area contributed by atoms with Crippen LogP contribution in [-0.2, 0) is 14.3 Å². The Bertz CT molecular complexity index is 470. The molecule has 1 rings (SSSR count). The zero-order valence-electron chi connectivity index (χ0n) is 13.0. The van der Waals surface area contributed by atoms with Crippen LogP contribution in [0.3, 0.4) is 0 Å². The van der Waals surface area contributed by atoms with E-state index in [0.29, 0.717) is 5.75 Å². The van der Waals surface area contributed by atoms with E-state index >= 15 is 0 Å². The third kappa shape index (κ3) is 6.29. The van der Waals surface area contributed by atoms with Crippen LogP contribution in [0.5, 0.6) is 5.75 Å². The predicted octanol–water partition coefficient (Wildman–Crippen LogP) is 2.22. The van der Waals surface area contributed by atoms with Crippen molar-refractivity contribution in [2.75, 3.05) is 6.61 Å². The largest absolute Gasteiger partial charge is 0.479 e. The quantitative estimate of drug-likeness (QED) is 0.783. The first-order valence-electron chi connectivity index (χ1n) is 7.11. The Morgan fingerprint density at radius 2 is 1.81 bits per heavy atom. The van der Waals surface area contributed by atoms with E-state index in [2.05, 4.69) is 5.32 Å². The Kier molecular flexibility index (Phi) is 6.72. The average Bonchev–Trinajstić information content (AvgIpc) is 2.46. The van der Waals surface area contributed by atoms with Crippen molar-refractivity contribution < 1.29 is 19.1 Å². The molecule has 1 amide bonds. The molecule has 2 atom stereocenters. The number of carbonyl (C=O) groups excluding carboxylic acids is 2. The van der Waals surface area contributed by atoms with Crippen LogP contribution in [-0.4, -0.2) is 30.6 Å². The minimum absolute atomic E-state index is 0.0671. The first-order valence-corrected chi connectivity index (χ1v) is 7.11. The maximum absolute atomic E-state index is 11.7. The zero-order valence-corrected chi connectivity index (χ0v) is 13.0. The molecule has 1 aromatic carbocycles. The van der Waals surface area contributed by atoms with Gasteiger partial charge in [-0.3, -0.25) is 4.79 Å². The Labute approximate surface area is 125 Å². The zero-order chi connectivity index (χ0) is 15.8. The molecule has 0 fully saturated rings. The summed E-state index contributed by atoms with van der Waals surface area (Å²) in [4.78, 5) is 23.3. The van der Waals surface area contributed by atoms with Crippen molar-refractivity contribution in [1.29, 1.82) is 0 Å². The first-order chi connectivity index (χ1) is 9.92. The maximum atomic E-state index is 11.7. The molecule has 0 bridgehead atoms. The molecular formula is C16H23NO4. The highest BCUT2D eigenvalue weighted by Crippen LogP contribution is 2.13. The minimum Gasteiger partial charge on any atom is -0.479 e. The number of benzene rings is 1. The van der Waals surface area contributed by atoms with Crippen LogP contribution in [0, 0.1) is 6.92 Å². The summed E-state index contributed by atoms with van der Waals surface area (Å²) in [7, 11) is 0. The van der Waals surface area contributed by atoms with Crippen LogP contribution in [0.25, 0.3) is 0 Å². The number of esters is 1. The van der Waals surface area contributed by atoms with Gasteiger partial charge in [0.25, 0.3) is 5.91 Å². The molecule has 5 nitrogen and oxygen atoms in total. The molecule has 0 aliphatic heterocycles. The van der Waals surface area contributed by atoms with E-state index in [1.807, 2.05) is 32.9 Å². The van der Waals surface area contributed by atoms with E-state index in [1.165, 1.54) is 0 Å². The summed E-state index contributed by atoms with van der Waals surface area (Å²) >= 11 is 0. The van der Waals surface area contributed by atoms with Crippen molar-refractivity contribution in [1.82, 2.24) is 5.32 Å². The second-order valence-corrected chi connectivity index (χ2v) is 5.06. The standard InChI is InChI=1S/C16H23NO4/c1-5-12(3)17-15(18)10-20-16(19)13(4)21-14-8-6-11(2)7-9-14/h6-9,12-13H,5,10H2,1-4H3,(H,17,18). The molecule has 0 aliphatic carbocycles. The van der Waals surface area contributed by atoms with Crippen LogP contribution >= 0.6 is 0 Å². The van der Waals surface area contributed by atoms with Gasteiger partial charge in [-0.25, -0.2) is 4.79 Å². The topological polar surface area (TPSA) is 64.6 Å². The molecule has 0 heterocycles. The van der Waals surface area contributed by atoms with Crippen LogP contribution in [0.2, 0.25) is 0 Å². The lowest BCUT2D eigenvalue weighted by Gasteiger charge is -2.15. The van der Waals surface area contributed by atoms with Crippen molar-refractivity contribution >= 4 is 11.9 Å². The number of ether oxygens (including phenoxy) is 2. The van der Waals surface area contributed by atoms with Gasteiger partial charge in [-0.15, -0.1) is 0 Å². The number of aryl methyl sites for hydroxylation is 1. The van der Waals surface area contributed by atoms with Gasteiger partial charge in [-0.1, -0.05) is 24.6 Å². The van der Waals surface area contributed by atoms with Crippen LogP contribution < -0.4 is 10.1 Å². The average molecular weight is 293 g/mol. The van der Waals surface area contributed by atoms with Crippen molar-refractivity contribution in [3.8, 4) is 5.75 Å². The smallest absolute Gasteiger partial charge is 0.347 e. The van der Waals surface area contributed by atoms with E-state index in [4.69, 9.17) is 9.47 Å². The molecule has 5 heteroatoms. The Balaban J connectivity index is 2.37. The first kappa shape index (κ1) is 17.0. The molecule has 2 unspecified atom stereocenters. The van der Waals surface area contributed by atoms with E-state index in [1.54, 1.807) is 19.1 Å². The Hall–Kier alpha value is -2.04. The van der Waals surface area contributed by atoms with Crippen LogP contribution in [0.15, 0.2) is 24.3 Å². The van der Waals surface area contributed by atoms with Gasteiger partial charge in [0.2, 0.25) is 0 Å². The van der Waals surface area contributed by atoms with Crippen molar-refractivity contribution in [2.45, 2.75) is 46.3 Å². The molecule has 21 heavy (non-hydrogen) atoms. The number of hydrogen-bond acceptors (Lipinski definition) is 4. The molecule has 0 aromatic heterocycles. The molecule has 0 radical (unpaired) electrons. The van der Waals surface area contributed by atoms with Gasteiger partial charge in [-0.05, 0) is 39.3 Å². The third-order valence-corrected chi connectivity index (χ3v) is 3.03. The summed E-state index contributed by atoms with van der Waals surface area (Å²) in [6.07, 6.45) is 0.0659. The van der Waals surface area contributed by atoms with Gasteiger partial charge in [0.05, 0.1) is 0 Å². The fourth-order valence-electron chi connectivity index (χ4n) is 1.54. The van der Waals surface area contributed by atoms with Crippen molar-refractivity contribution in [2.24, 2.45) is 0 Å². The summed E-state index contributed by atoms with van der Waals surface area (Å²) in [6, 6.07) is 7.43. The highest BCUT2D eigenvalue weighted by Gasteiger charge is 2.18. The van der Waals surface area contributed by atoms with Gasteiger partial charge >= 0.3 is 5.97 Å². The van der Waals surface area contributed by atoms with Gasteiger partial charge in [0.15, 0.2) is 12.7 Å². The molecule has 1 N–H and O–H groups in total. The lowest BCUT2D eigenvalue weighted by molar-refractivity contribution is -0.154. The molecule has 0 saturated carbocycles. The van der Waals surface area contributed by atoms with Crippen LogP contribution in [0.4, 0.5) is 0 Å². The van der Waals surface area contributed by atoms with Gasteiger partial charge in [0, 0.05) is 6.04 Å². The normalized spacial score (nSPS) is 13.1. The van der Waals surface area contributed by atoms with Gasteiger partial charge < -0.3 is 14.8 Å². The fraction of sp³-hybridized carbons (Fsp3) is 0.500. The Morgan fingerprint density at radius 3 is 2.38 bits per heavy atom. The van der Waals surface area contributed by atoms with E-state index in [0.717, 1.165) is 12.0 Å². The number of nitrogens with one attached hydrogen (secondary N) is 1. The van der Waals surface area contributed by atoms with Crippen molar-refractivity contribution in [3.63, 3.8) is 0 Å². The molecule has 1 aromatic rings. The molecule has 0 spiro atoms. The lowest BCUT2D eigenvalue weighted by atomic mass is 10.2. The Morgan fingerprint density at radius 1 is 1.19 bits per heavy atom. The van der Waals surface area contributed by atoms with E-state index in [9.17, 15) is 9.59 Å². The fourth-order valence-corrected chi connectivity index (χ4v) is 1.54. The summed E-state index contributed by atoms with van der Waals surface area (Å²) < 4.78 is 10.4. The number of hydrogen-bond donors (Lipinski definition) is 1. The number of rotatable bonds is 7. The summed E-state index contributed by atoms with van der Waals surface area (Å²) in [5.74, 6) is -0.274. The van der Waals surface area contributed by atoms with E-state index in [-0.39, 0.29) is 18.6 Å². The number of amides is 1. The molecule has 116 valence electrons. The molecule has 0 aliphatic rings. The maximum Gasteiger partial charge on any atom is 0.347 e. The summed E-state index contributed by atoms with van der Waals surface area (Å²) in [5.41, 5.74) is 1.11. The monoisotopic (exact) mass is 293 g/mol. The molecule has 0 saturated heterocycles. The van der Waals surface area contributed by atoms with Gasteiger partial charge in [-0.2, -0.15) is 0 Å². The summed E-state index contributed by atoms with van der Waals surface area (Å²) in [6.45, 7) is 7.13. The highest BCUT2D eigenvalue weighted by molar-refractivity contribution is 5.82. The van der Waals surface area contributed by atoms with Crippen molar-refractivity contribution in [3.05, 3.63) is 29.8 Å². The second kappa shape index (κ2) is 8.29. The second-order valence-electron chi connectivity index (χ2n) is 5.06. The highest BCUT2D eigenvalue weighted by atomic mass is 16.6. The predicted molar refractivity (Wildman–Crippen MR) is 80.1 cm³/mol.